The van der Waals surface area contributed by atoms with E-state index in [1.54, 1.807) is 0 Å². The van der Waals surface area contributed by atoms with Crippen LogP contribution in [0.4, 0.5) is 11.4 Å². The molecule has 0 amide bonds. The molecule has 1 heterocycles. The van der Waals surface area contributed by atoms with E-state index in [4.69, 9.17) is 0 Å². The van der Waals surface area contributed by atoms with Gasteiger partial charge in [-0.05, 0) is 43.3 Å². The highest BCUT2D eigenvalue weighted by molar-refractivity contribution is 6.00. The van der Waals surface area contributed by atoms with Crippen molar-refractivity contribution in [2.45, 2.75) is 6.92 Å². The van der Waals surface area contributed by atoms with Crippen LogP contribution in [0.3, 0.4) is 0 Å². The smallest absolute Gasteiger partial charge is 0.199 e. The van der Waals surface area contributed by atoms with Gasteiger partial charge in [0.25, 0.3) is 0 Å². The molecule has 0 saturated heterocycles. The van der Waals surface area contributed by atoms with Gasteiger partial charge in [0, 0.05) is 16.6 Å². The lowest BCUT2D eigenvalue weighted by atomic mass is 10.1. The summed E-state index contributed by atoms with van der Waals surface area (Å²) in [5, 5.41) is 4.75. The molecular weight excluding hydrogens is 284 g/mol. The molecule has 112 valence electrons. The number of H-pyrrole nitrogens is 1. The molecule has 3 aromatic carbocycles. The van der Waals surface area contributed by atoms with Crippen LogP contribution in [0, 0.1) is 6.92 Å². The van der Waals surface area contributed by atoms with Gasteiger partial charge in [-0.3, -0.25) is 4.79 Å². The van der Waals surface area contributed by atoms with Crippen molar-refractivity contribution in [3.63, 3.8) is 0 Å². The van der Waals surface area contributed by atoms with Crippen LogP contribution in [0.25, 0.3) is 21.8 Å². The van der Waals surface area contributed by atoms with Gasteiger partial charge in [-0.25, -0.2) is 0 Å². The zero-order valence-corrected chi connectivity index (χ0v) is 12.8. The minimum atomic E-state index is 0.0459. The number of nitrogens with one attached hydrogen (secondary N) is 2. The Labute approximate surface area is 133 Å². The quantitative estimate of drug-likeness (QED) is 0.525. The Kier molecular flexibility index (Phi) is 3.12. The monoisotopic (exact) mass is 300 g/mol. The summed E-state index contributed by atoms with van der Waals surface area (Å²) < 4.78 is 0. The third kappa shape index (κ3) is 2.36. The molecule has 0 bridgehead atoms. The lowest BCUT2D eigenvalue weighted by Gasteiger charge is -2.11. The summed E-state index contributed by atoms with van der Waals surface area (Å²) in [6.07, 6.45) is 0. The molecule has 4 aromatic rings. The molecule has 4 rings (SSSR count). The molecule has 3 heteroatoms. The van der Waals surface area contributed by atoms with Crippen molar-refractivity contribution >= 4 is 33.2 Å². The maximum absolute atomic E-state index is 12.9. The molecule has 0 aliphatic heterocycles. The lowest BCUT2D eigenvalue weighted by Crippen LogP contribution is -2.06. The highest BCUT2D eigenvalue weighted by atomic mass is 16.1. The van der Waals surface area contributed by atoms with Gasteiger partial charge in [0.1, 0.15) is 0 Å². The minimum Gasteiger partial charge on any atom is -0.355 e. The Balaban J connectivity index is 1.94. The summed E-state index contributed by atoms with van der Waals surface area (Å²) >= 11 is 0. The second-order valence-corrected chi connectivity index (χ2v) is 5.72. The summed E-state index contributed by atoms with van der Waals surface area (Å²) in [7, 11) is 0. The fraction of sp³-hybridized carbons (Fsp3) is 0.0500. The van der Waals surface area contributed by atoms with E-state index in [0.717, 1.165) is 22.4 Å². The van der Waals surface area contributed by atoms with Crippen molar-refractivity contribution in [3.05, 3.63) is 82.5 Å². The van der Waals surface area contributed by atoms with Crippen molar-refractivity contribution in [2.75, 3.05) is 5.32 Å². The van der Waals surface area contributed by atoms with E-state index in [-0.39, 0.29) is 5.43 Å². The first-order valence-corrected chi connectivity index (χ1v) is 7.60. The van der Waals surface area contributed by atoms with Crippen molar-refractivity contribution in [1.82, 2.24) is 4.98 Å². The van der Waals surface area contributed by atoms with Crippen LogP contribution in [-0.4, -0.2) is 4.98 Å². The molecule has 0 saturated carbocycles. The van der Waals surface area contributed by atoms with E-state index < -0.39 is 0 Å². The third-order valence-corrected chi connectivity index (χ3v) is 4.06. The number of anilines is 2. The summed E-state index contributed by atoms with van der Waals surface area (Å²) in [5.74, 6) is 0. The molecule has 0 radical (unpaired) electrons. The average molecular weight is 300 g/mol. The normalized spacial score (nSPS) is 11.0. The molecule has 2 N–H and O–H groups in total. The molecule has 0 fully saturated rings. The molecule has 3 nitrogen and oxygen atoms in total. The second-order valence-electron chi connectivity index (χ2n) is 5.72. The fourth-order valence-electron chi connectivity index (χ4n) is 2.87. The number of benzene rings is 3. The minimum absolute atomic E-state index is 0.0459. The summed E-state index contributed by atoms with van der Waals surface area (Å²) in [6, 6.07) is 21.6. The number of aromatic amines is 1. The molecule has 0 aliphatic rings. The Morgan fingerprint density at radius 2 is 1.57 bits per heavy atom. The van der Waals surface area contributed by atoms with Crippen molar-refractivity contribution in [2.24, 2.45) is 0 Å². The van der Waals surface area contributed by atoms with Gasteiger partial charge < -0.3 is 10.3 Å². The fourth-order valence-corrected chi connectivity index (χ4v) is 2.87. The van der Waals surface area contributed by atoms with Crippen molar-refractivity contribution in [1.29, 1.82) is 0 Å². The number of fused-ring (bicyclic) bond motifs is 2. The first-order valence-electron chi connectivity index (χ1n) is 7.60. The van der Waals surface area contributed by atoms with Crippen LogP contribution in [-0.2, 0) is 0 Å². The van der Waals surface area contributed by atoms with E-state index in [9.17, 15) is 4.79 Å². The zero-order valence-electron chi connectivity index (χ0n) is 12.8. The summed E-state index contributed by atoms with van der Waals surface area (Å²) in [5.41, 5.74) is 4.74. The molecular formula is C20H16N2O. The molecule has 0 aliphatic carbocycles. The van der Waals surface area contributed by atoms with E-state index >= 15 is 0 Å². The van der Waals surface area contributed by atoms with Gasteiger partial charge in [0.05, 0.1) is 16.6 Å². The SMILES string of the molecule is Cc1ccc(Nc2cccc3[nH]c4ccccc4c(=O)c23)cc1. The number of aromatic nitrogens is 1. The van der Waals surface area contributed by atoms with Crippen LogP contribution in [0.2, 0.25) is 0 Å². The topological polar surface area (TPSA) is 44.9 Å². The van der Waals surface area contributed by atoms with Crippen LogP contribution in [0.1, 0.15) is 5.56 Å². The Morgan fingerprint density at radius 3 is 2.39 bits per heavy atom. The average Bonchev–Trinajstić information content (AvgIpc) is 2.57. The first kappa shape index (κ1) is 13.6. The van der Waals surface area contributed by atoms with E-state index in [0.29, 0.717) is 10.8 Å². The molecule has 23 heavy (non-hydrogen) atoms. The Hall–Kier alpha value is -3.07. The van der Waals surface area contributed by atoms with Gasteiger partial charge in [-0.2, -0.15) is 0 Å². The number of hydrogen-bond donors (Lipinski definition) is 2. The van der Waals surface area contributed by atoms with E-state index in [1.807, 2.05) is 66.7 Å². The van der Waals surface area contributed by atoms with Crippen LogP contribution in [0.5, 0.6) is 0 Å². The number of pyridine rings is 1. The standard InChI is InChI=1S/C20H16N2O/c1-13-9-11-14(12-10-13)21-17-7-4-8-18-19(17)20(23)15-5-2-3-6-16(15)22-18/h2-12,21H,1H3,(H,22,23). The van der Waals surface area contributed by atoms with Gasteiger partial charge >= 0.3 is 0 Å². The van der Waals surface area contributed by atoms with Crippen LogP contribution >= 0.6 is 0 Å². The van der Waals surface area contributed by atoms with Gasteiger partial charge in [-0.1, -0.05) is 35.9 Å². The number of para-hydroxylation sites is 1. The maximum atomic E-state index is 12.9. The Morgan fingerprint density at radius 1 is 0.826 bits per heavy atom. The number of hydrogen-bond acceptors (Lipinski definition) is 2. The Bertz CT molecular complexity index is 1060. The molecule has 0 atom stereocenters. The molecule has 0 spiro atoms. The molecule has 0 unspecified atom stereocenters. The zero-order chi connectivity index (χ0) is 15.8. The number of aryl methyl sites for hydroxylation is 1. The highest BCUT2D eigenvalue weighted by Crippen LogP contribution is 2.25. The van der Waals surface area contributed by atoms with Crippen molar-refractivity contribution < 1.29 is 0 Å². The molecule has 1 aromatic heterocycles. The highest BCUT2D eigenvalue weighted by Gasteiger charge is 2.09. The first-order chi connectivity index (χ1) is 11.2. The third-order valence-electron chi connectivity index (χ3n) is 4.06. The largest absolute Gasteiger partial charge is 0.355 e. The summed E-state index contributed by atoms with van der Waals surface area (Å²) in [6.45, 7) is 2.05. The van der Waals surface area contributed by atoms with Crippen LogP contribution < -0.4 is 10.7 Å². The summed E-state index contributed by atoms with van der Waals surface area (Å²) in [4.78, 5) is 16.2. The van der Waals surface area contributed by atoms with Gasteiger partial charge in [0.15, 0.2) is 5.43 Å². The van der Waals surface area contributed by atoms with E-state index in [2.05, 4.69) is 17.2 Å². The van der Waals surface area contributed by atoms with Crippen LogP contribution in [0.15, 0.2) is 71.5 Å². The lowest BCUT2D eigenvalue weighted by molar-refractivity contribution is 1.45. The van der Waals surface area contributed by atoms with Gasteiger partial charge in [-0.15, -0.1) is 0 Å². The van der Waals surface area contributed by atoms with E-state index in [1.165, 1.54) is 5.56 Å². The van der Waals surface area contributed by atoms with Crippen molar-refractivity contribution in [3.8, 4) is 0 Å². The van der Waals surface area contributed by atoms with Gasteiger partial charge in [0.2, 0.25) is 0 Å². The second kappa shape index (κ2) is 5.29. The predicted molar refractivity (Wildman–Crippen MR) is 96.5 cm³/mol. The maximum Gasteiger partial charge on any atom is 0.199 e. The predicted octanol–water partition coefficient (Wildman–Crippen LogP) is 4.73. The number of rotatable bonds is 2.